The molecule has 0 aliphatic rings. The number of ether oxygens (including phenoxy) is 1. The predicted molar refractivity (Wildman–Crippen MR) is 147 cm³/mol. The topological polar surface area (TPSA) is 146 Å². The summed E-state index contributed by atoms with van der Waals surface area (Å²) >= 11 is 0. The van der Waals surface area contributed by atoms with E-state index in [4.69, 9.17) is 4.74 Å². The molecule has 1 amide bonds. The number of nitrogens with one attached hydrogen (secondary N) is 3. The summed E-state index contributed by atoms with van der Waals surface area (Å²) in [5.74, 6) is 0.983. The number of hydrogen-bond acceptors (Lipinski definition) is 7. The van der Waals surface area contributed by atoms with Crippen LogP contribution in [0, 0.1) is 0 Å². The van der Waals surface area contributed by atoms with E-state index in [1.165, 1.54) is 0 Å². The molecule has 0 saturated heterocycles. The van der Waals surface area contributed by atoms with Gasteiger partial charge < -0.3 is 25.1 Å². The van der Waals surface area contributed by atoms with E-state index < -0.39 is 0 Å². The molecule has 192 valence electrons. The van der Waals surface area contributed by atoms with E-state index in [1.807, 2.05) is 12.1 Å². The fourth-order valence-electron chi connectivity index (χ4n) is 4.43. The van der Waals surface area contributed by atoms with Gasteiger partial charge in [0.15, 0.2) is 0 Å². The summed E-state index contributed by atoms with van der Waals surface area (Å²) in [4.78, 5) is 44.4. The number of nitrogens with zero attached hydrogens (tertiary/aromatic N) is 3. The number of H-pyrrole nitrogens is 2. The number of phenolic OH excluding ortho intramolecular Hbond substituents is 1. The minimum atomic E-state index is -0.342. The van der Waals surface area contributed by atoms with E-state index in [1.54, 1.807) is 74.0 Å². The number of carbonyl (C=O) groups excluding carboxylic acids is 1. The minimum Gasteiger partial charge on any atom is -0.507 e. The summed E-state index contributed by atoms with van der Waals surface area (Å²) in [6, 6.07) is 21.0. The van der Waals surface area contributed by atoms with Gasteiger partial charge in [-0.05, 0) is 60.2 Å². The maximum absolute atomic E-state index is 12.9. The Morgan fingerprint density at radius 2 is 1.82 bits per heavy atom. The van der Waals surface area contributed by atoms with E-state index in [2.05, 4.69) is 30.2 Å². The van der Waals surface area contributed by atoms with Crippen molar-refractivity contribution in [3.63, 3.8) is 0 Å². The Labute approximate surface area is 221 Å². The van der Waals surface area contributed by atoms with Crippen molar-refractivity contribution in [3.05, 3.63) is 101 Å². The Morgan fingerprint density at radius 1 is 0.949 bits per heavy atom. The molecule has 0 unspecified atom stereocenters. The molecule has 4 N–H and O–H groups in total. The average molecular weight is 519 g/mol. The lowest BCUT2D eigenvalue weighted by Gasteiger charge is -2.09. The molecular formula is C29H22N6O4. The highest BCUT2D eigenvalue weighted by molar-refractivity contribution is 5.97. The smallest absolute Gasteiger partial charge is 0.258 e. The standard InChI is InChI=1S/C29H22N6O4/c1-39-29-18(6-4-12-30-29)16-9-11-24(36)20(13-16)26-33-22-10-8-17(14-23(22)34-26)27(37)31-15-25-32-21-7-3-2-5-19(21)28(38)35-25/h2-14,36H,15H2,1H3,(H,31,37)(H,33,34)(H,32,35,38). The molecule has 39 heavy (non-hydrogen) atoms. The molecule has 0 spiro atoms. The highest BCUT2D eigenvalue weighted by Gasteiger charge is 2.15. The van der Waals surface area contributed by atoms with Crippen LogP contribution in [-0.4, -0.2) is 43.0 Å². The van der Waals surface area contributed by atoms with Crippen LogP contribution < -0.4 is 15.6 Å². The van der Waals surface area contributed by atoms with Gasteiger partial charge in [0.05, 0.1) is 41.2 Å². The van der Waals surface area contributed by atoms with Crippen LogP contribution in [0.4, 0.5) is 0 Å². The van der Waals surface area contributed by atoms with Crippen LogP contribution in [0.1, 0.15) is 16.2 Å². The molecule has 0 aliphatic heterocycles. The van der Waals surface area contributed by atoms with Crippen LogP contribution in [0.25, 0.3) is 44.5 Å². The number of pyridine rings is 1. The number of methoxy groups -OCH3 is 1. The second-order valence-electron chi connectivity index (χ2n) is 8.82. The number of para-hydroxylation sites is 1. The molecule has 0 atom stereocenters. The molecule has 6 rings (SSSR count). The Hall–Kier alpha value is -5.51. The van der Waals surface area contributed by atoms with Gasteiger partial charge >= 0.3 is 0 Å². The molecule has 10 heteroatoms. The Morgan fingerprint density at radius 3 is 2.69 bits per heavy atom. The third kappa shape index (κ3) is 4.55. The zero-order chi connectivity index (χ0) is 26.9. The molecule has 0 bridgehead atoms. The SMILES string of the molecule is COc1ncccc1-c1ccc(O)c(-c2nc3cc(C(=O)NCc4nc5ccccc5c(=O)[nH]4)ccc3[nH]2)c1. The van der Waals surface area contributed by atoms with Gasteiger partial charge in [0.1, 0.15) is 17.4 Å². The van der Waals surface area contributed by atoms with Crippen LogP contribution in [0.5, 0.6) is 11.6 Å². The van der Waals surface area contributed by atoms with Crippen molar-refractivity contribution in [1.82, 2.24) is 30.2 Å². The summed E-state index contributed by atoms with van der Waals surface area (Å²) in [5.41, 5.74) is 4.01. The minimum absolute atomic E-state index is 0.0514. The molecule has 6 aromatic rings. The third-order valence-electron chi connectivity index (χ3n) is 6.35. The normalized spacial score (nSPS) is 11.1. The first-order valence-corrected chi connectivity index (χ1v) is 12.1. The van der Waals surface area contributed by atoms with E-state index in [9.17, 15) is 14.7 Å². The number of aromatic amines is 2. The number of imidazole rings is 1. The van der Waals surface area contributed by atoms with Crippen LogP contribution in [0.3, 0.4) is 0 Å². The zero-order valence-electron chi connectivity index (χ0n) is 20.7. The van der Waals surface area contributed by atoms with E-state index in [0.717, 1.165) is 11.1 Å². The third-order valence-corrected chi connectivity index (χ3v) is 6.35. The highest BCUT2D eigenvalue weighted by atomic mass is 16.5. The Kier molecular flexibility index (Phi) is 5.96. The molecule has 0 fully saturated rings. The Bertz CT molecular complexity index is 1930. The lowest BCUT2D eigenvalue weighted by atomic mass is 10.0. The zero-order valence-corrected chi connectivity index (χ0v) is 20.7. The van der Waals surface area contributed by atoms with Crippen LogP contribution in [-0.2, 0) is 6.54 Å². The first-order valence-electron chi connectivity index (χ1n) is 12.1. The van der Waals surface area contributed by atoms with Crippen molar-refractivity contribution in [2.45, 2.75) is 6.54 Å². The van der Waals surface area contributed by atoms with Crippen molar-refractivity contribution in [3.8, 4) is 34.1 Å². The van der Waals surface area contributed by atoms with E-state index in [-0.39, 0.29) is 23.8 Å². The number of amides is 1. The molecule has 10 nitrogen and oxygen atoms in total. The van der Waals surface area contributed by atoms with Gasteiger partial charge in [-0.1, -0.05) is 18.2 Å². The van der Waals surface area contributed by atoms with Crippen molar-refractivity contribution in [2.75, 3.05) is 7.11 Å². The second kappa shape index (κ2) is 9.75. The number of phenols is 1. The maximum Gasteiger partial charge on any atom is 0.258 e. The van der Waals surface area contributed by atoms with Gasteiger partial charge in [0.2, 0.25) is 5.88 Å². The van der Waals surface area contributed by atoms with E-state index >= 15 is 0 Å². The lowest BCUT2D eigenvalue weighted by Crippen LogP contribution is -2.25. The molecule has 0 radical (unpaired) electrons. The number of aromatic hydroxyl groups is 1. The number of benzene rings is 3. The summed E-state index contributed by atoms with van der Waals surface area (Å²) < 4.78 is 5.38. The molecule has 3 aromatic carbocycles. The highest BCUT2D eigenvalue weighted by Crippen LogP contribution is 2.35. The maximum atomic E-state index is 12.9. The van der Waals surface area contributed by atoms with Crippen molar-refractivity contribution < 1.29 is 14.6 Å². The van der Waals surface area contributed by atoms with Gasteiger partial charge in [-0.15, -0.1) is 0 Å². The molecular weight excluding hydrogens is 496 g/mol. The first-order chi connectivity index (χ1) is 19.0. The largest absolute Gasteiger partial charge is 0.507 e. The number of rotatable bonds is 6. The van der Waals surface area contributed by atoms with Gasteiger partial charge in [-0.3, -0.25) is 9.59 Å². The number of hydrogen-bond donors (Lipinski definition) is 4. The summed E-state index contributed by atoms with van der Waals surface area (Å²) in [5, 5.41) is 13.9. The van der Waals surface area contributed by atoms with Gasteiger partial charge in [0.25, 0.3) is 11.5 Å². The van der Waals surface area contributed by atoms with Crippen LogP contribution >= 0.6 is 0 Å². The fraction of sp³-hybridized carbons (Fsp3) is 0.0690. The summed E-state index contributed by atoms with van der Waals surface area (Å²) in [6.07, 6.45) is 1.65. The molecule has 0 saturated carbocycles. The number of carbonyl (C=O) groups is 1. The fourth-order valence-corrected chi connectivity index (χ4v) is 4.43. The van der Waals surface area contributed by atoms with Crippen molar-refractivity contribution in [2.24, 2.45) is 0 Å². The molecule has 3 heterocycles. The Balaban J connectivity index is 1.26. The summed E-state index contributed by atoms with van der Waals surface area (Å²) in [7, 11) is 1.55. The van der Waals surface area contributed by atoms with Gasteiger partial charge in [-0.25, -0.2) is 15.0 Å². The van der Waals surface area contributed by atoms with Gasteiger partial charge in [-0.2, -0.15) is 0 Å². The monoisotopic (exact) mass is 518 g/mol. The second-order valence-corrected chi connectivity index (χ2v) is 8.82. The quantitative estimate of drug-likeness (QED) is 0.259. The number of aromatic nitrogens is 5. The van der Waals surface area contributed by atoms with Crippen LogP contribution in [0.15, 0.2) is 83.8 Å². The van der Waals surface area contributed by atoms with Gasteiger partial charge in [0, 0.05) is 17.3 Å². The predicted octanol–water partition coefficient (Wildman–Crippen LogP) is 4.17. The molecule has 0 aliphatic carbocycles. The summed E-state index contributed by atoms with van der Waals surface area (Å²) in [6.45, 7) is 0.0568. The van der Waals surface area contributed by atoms with Crippen molar-refractivity contribution >= 4 is 27.8 Å². The van der Waals surface area contributed by atoms with E-state index in [0.29, 0.717) is 50.6 Å². The lowest BCUT2D eigenvalue weighted by molar-refractivity contribution is 0.0950. The number of fused-ring (bicyclic) bond motifs is 2. The van der Waals surface area contributed by atoms with Crippen LogP contribution in [0.2, 0.25) is 0 Å². The first kappa shape index (κ1) is 23.9. The average Bonchev–Trinajstić information content (AvgIpc) is 3.39. The molecule has 3 aromatic heterocycles. The van der Waals surface area contributed by atoms with Crippen molar-refractivity contribution in [1.29, 1.82) is 0 Å².